The second-order valence-corrected chi connectivity index (χ2v) is 5.91. The van der Waals surface area contributed by atoms with Gasteiger partial charge in [0.15, 0.2) is 17.3 Å². The van der Waals surface area contributed by atoms with E-state index in [1.807, 2.05) is 24.4 Å². The van der Waals surface area contributed by atoms with Gasteiger partial charge in [0.1, 0.15) is 5.69 Å². The van der Waals surface area contributed by atoms with E-state index in [0.29, 0.717) is 0 Å². The van der Waals surface area contributed by atoms with E-state index in [1.165, 1.54) is 0 Å². The molecule has 4 heterocycles. The summed E-state index contributed by atoms with van der Waals surface area (Å²) in [5, 5.41) is 6.84. The first-order valence-electron chi connectivity index (χ1n) is 7.49. The molecule has 0 aliphatic carbocycles. The maximum Gasteiger partial charge on any atom is 0.176 e. The highest BCUT2D eigenvalue weighted by atomic mass is 16.5. The van der Waals surface area contributed by atoms with Crippen LogP contribution in [0.3, 0.4) is 0 Å². The van der Waals surface area contributed by atoms with Gasteiger partial charge in [-0.05, 0) is 38.0 Å². The van der Waals surface area contributed by atoms with Crippen LogP contribution in [0, 0.1) is 0 Å². The Morgan fingerprint density at radius 3 is 2.95 bits per heavy atom. The summed E-state index contributed by atoms with van der Waals surface area (Å²) in [6.07, 6.45) is 7.66. The zero-order valence-corrected chi connectivity index (χ0v) is 12.5. The molecule has 6 nitrogen and oxygen atoms in total. The highest BCUT2D eigenvalue weighted by molar-refractivity contribution is 5.58. The standard InChI is InChI=1S/C16H18N4O2/c1-16(6-2-10-21-16)11-20-9-8-17-15(20)14-4-3-13(22-14)12-5-7-18-19-12/h3-5,7-9H,2,6,10-11H2,1H3,(H,18,19). The number of rotatable bonds is 4. The molecule has 4 rings (SSSR count). The molecule has 0 spiro atoms. The van der Waals surface area contributed by atoms with Crippen molar-refractivity contribution in [2.24, 2.45) is 0 Å². The molecule has 0 aromatic carbocycles. The van der Waals surface area contributed by atoms with Gasteiger partial charge in [0.05, 0.1) is 12.1 Å². The van der Waals surface area contributed by atoms with Gasteiger partial charge in [-0.1, -0.05) is 0 Å². The highest BCUT2D eigenvalue weighted by Crippen LogP contribution is 2.30. The average molecular weight is 298 g/mol. The maximum atomic E-state index is 5.92. The average Bonchev–Trinajstić information content (AvgIpc) is 3.26. The van der Waals surface area contributed by atoms with Crippen molar-refractivity contribution in [1.29, 1.82) is 0 Å². The normalized spacial score (nSPS) is 21.5. The number of aromatic nitrogens is 4. The molecule has 3 aromatic rings. The Labute approximate surface area is 128 Å². The molecular weight excluding hydrogens is 280 g/mol. The Morgan fingerprint density at radius 2 is 2.18 bits per heavy atom. The summed E-state index contributed by atoms with van der Waals surface area (Å²) < 4.78 is 13.9. The van der Waals surface area contributed by atoms with Crippen LogP contribution < -0.4 is 0 Å². The molecule has 6 heteroatoms. The van der Waals surface area contributed by atoms with Gasteiger partial charge in [-0.2, -0.15) is 5.10 Å². The predicted octanol–water partition coefficient (Wildman–Crippen LogP) is 3.10. The maximum absolute atomic E-state index is 5.92. The molecule has 0 radical (unpaired) electrons. The molecular formula is C16H18N4O2. The summed E-state index contributed by atoms with van der Waals surface area (Å²) in [5.41, 5.74) is 0.740. The molecule has 1 N–H and O–H groups in total. The molecule has 22 heavy (non-hydrogen) atoms. The molecule has 0 amide bonds. The van der Waals surface area contributed by atoms with Crippen LogP contribution in [0.15, 0.2) is 41.2 Å². The van der Waals surface area contributed by atoms with E-state index < -0.39 is 0 Å². The van der Waals surface area contributed by atoms with Gasteiger partial charge in [-0.3, -0.25) is 5.10 Å². The number of aromatic amines is 1. The second-order valence-electron chi connectivity index (χ2n) is 5.91. The van der Waals surface area contributed by atoms with E-state index in [2.05, 4.69) is 26.7 Å². The molecule has 1 fully saturated rings. The van der Waals surface area contributed by atoms with E-state index in [0.717, 1.165) is 49.0 Å². The number of ether oxygens (including phenoxy) is 1. The fourth-order valence-corrected chi connectivity index (χ4v) is 2.98. The molecule has 114 valence electrons. The van der Waals surface area contributed by atoms with Crippen LogP contribution in [0.5, 0.6) is 0 Å². The van der Waals surface area contributed by atoms with Crippen molar-refractivity contribution in [2.45, 2.75) is 31.9 Å². The molecule has 1 aliphatic heterocycles. The Kier molecular flexibility index (Phi) is 3.11. The van der Waals surface area contributed by atoms with Crippen molar-refractivity contribution in [3.8, 4) is 23.0 Å². The monoisotopic (exact) mass is 298 g/mol. The van der Waals surface area contributed by atoms with Gasteiger partial charge >= 0.3 is 0 Å². The Balaban J connectivity index is 1.62. The Hall–Kier alpha value is -2.34. The number of hydrogen-bond donors (Lipinski definition) is 1. The van der Waals surface area contributed by atoms with Crippen LogP contribution in [0.2, 0.25) is 0 Å². The minimum atomic E-state index is -0.117. The van der Waals surface area contributed by atoms with Crippen LogP contribution in [0.1, 0.15) is 19.8 Å². The largest absolute Gasteiger partial charge is 0.451 e. The lowest BCUT2D eigenvalue weighted by molar-refractivity contribution is 0.00651. The van der Waals surface area contributed by atoms with Gasteiger partial charge in [0, 0.05) is 25.2 Å². The molecule has 1 atom stereocenters. The SMILES string of the molecule is CC1(Cn2ccnc2-c2ccc(-c3ccn[nH]3)o2)CCCO1. The number of hydrogen-bond acceptors (Lipinski definition) is 4. The summed E-state index contributed by atoms with van der Waals surface area (Å²) in [6, 6.07) is 5.74. The van der Waals surface area contributed by atoms with Crippen LogP contribution in [-0.4, -0.2) is 32.0 Å². The highest BCUT2D eigenvalue weighted by Gasteiger charge is 2.31. The smallest absolute Gasteiger partial charge is 0.176 e. The number of nitrogens with zero attached hydrogens (tertiary/aromatic N) is 3. The van der Waals surface area contributed by atoms with Gasteiger partial charge < -0.3 is 13.7 Å². The lowest BCUT2D eigenvalue weighted by Gasteiger charge is -2.24. The van der Waals surface area contributed by atoms with Crippen LogP contribution >= 0.6 is 0 Å². The first kappa shape index (κ1) is 13.3. The summed E-state index contributed by atoms with van der Waals surface area (Å²) in [6.45, 7) is 3.77. The van der Waals surface area contributed by atoms with Gasteiger partial charge in [0.25, 0.3) is 0 Å². The van der Waals surface area contributed by atoms with Crippen molar-refractivity contribution in [2.75, 3.05) is 6.61 Å². The molecule has 3 aromatic heterocycles. The number of nitrogens with one attached hydrogen (secondary N) is 1. The third-order valence-corrected chi connectivity index (χ3v) is 4.11. The lowest BCUT2D eigenvalue weighted by Crippen LogP contribution is -2.29. The summed E-state index contributed by atoms with van der Waals surface area (Å²) in [7, 11) is 0. The van der Waals surface area contributed by atoms with Crippen molar-refractivity contribution in [3.05, 3.63) is 36.8 Å². The topological polar surface area (TPSA) is 68.9 Å². The van der Waals surface area contributed by atoms with E-state index in [4.69, 9.17) is 9.15 Å². The number of H-pyrrole nitrogens is 1. The third-order valence-electron chi connectivity index (χ3n) is 4.11. The fourth-order valence-electron chi connectivity index (χ4n) is 2.98. The quantitative estimate of drug-likeness (QED) is 0.803. The predicted molar refractivity (Wildman–Crippen MR) is 81.1 cm³/mol. The minimum Gasteiger partial charge on any atom is -0.451 e. The minimum absolute atomic E-state index is 0.117. The van der Waals surface area contributed by atoms with Crippen LogP contribution in [0.4, 0.5) is 0 Å². The molecule has 0 bridgehead atoms. The van der Waals surface area contributed by atoms with E-state index in [-0.39, 0.29) is 5.60 Å². The van der Waals surface area contributed by atoms with Crippen LogP contribution in [0.25, 0.3) is 23.0 Å². The molecule has 1 aliphatic rings. The zero-order chi connectivity index (χ0) is 15.0. The van der Waals surface area contributed by atoms with Crippen LogP contribution in [-0.2, 0) is 11.3 Å². The van der Waals surface area contributed by atoms with E-state index in [9.17, 15) is 0 Å². The van der Waals surface area contributed by atoms with Crippen molar-refractivity contribution in [3.63, 3.8) is 0 Å². The number of imidazole rings is 1. The molecule has 0 saturated carbocycles. The molecule has 1 unspecified atom stereocenters. The van der Waals surface area contributed by atoms with Crippen molar-refractivity contribution < 1.29 is 9.15 Å². The molecule has 1 saturated heterocycles. The van der Waals surface area contributed by atoms with E-state index in [1.54, 1.807) is 12.4 Å². The summed E-state index contributed by atoms with van der Waals surface area (Å²) >= 11 is 0. The fraction of sp³-hybridized carbons (Fsp3) is 0.375. The zero-order valence-electron chi connectivity index (χ0n) is 12.5. The Morgan fingerprint density at radius 1 is 1.27 bits per heavy atom. The van der Waals surface area contributed by atoms with Gasteiger partial charge in [-0.15, -0.1) is 0 Å². The van der Waals surface area contributed by atoms with Gasteiger partial charge in [-0.25, -0.2) is 4.98 Å². The first-order chi connectivity index (χ1) is 10.7. The van der Waals surface area contributed by atoms with E-state index >= 15 is 0 Å². The number of furan rings is 1. The van der Waals surface area contributed by atoms with Crippen molar-refractivity contribution >= 4 is 0 Å². The first-order valence-corrected chi connectivity index (χ1v) is 7.49. The Bertz CT molecular complexity index is 751. The summed E-state index contributed by atoms with van der Waals surface area (Å²) in [4.78, 5) is 4.44. The third kappa shape index (κ3) is 2.35. The second kappa shape index (κ2) is 5.14. The van der Waals surface area contributed by atoms with Gasteiger partial charge in [0.2, 0.25) is 0 Å². The summed E-state index contributed by atoms with van der Waals surface area (Å²) in [5.74, 6) is 2.32. The lowest BCUT2D eigenvalue weighted by atomic mass is 10.0. The van der Waals surface area contributed by atoms with Crippen molar-refractivity contribution in [1.82, 2.24) is 19.7 Å².